The molecule has 1 aromatic heterocycles. The Morgan fingerprint density at radius 1 is 1.43 bits per heavy atom. The van der Waals surface area contributed by atoms with Crippen LogP contribution in [0, 0.1) is 0 Å². The lowest BCUT2D eigenvalue weighted by atomic mass is 10.2. The summed E-state index contributed by atoms with van der Waals surface area (Å²) in [5.41, 5.74) is 0.946. The molecule has 1 aliphatic heterocycles. The number of pyridine rings is 1. The molecule has 0 amide bonds. The van der Waals surface area contributed by atoms with E-state index in [0.717, 1.165) is 24.5 Å². The maximum absolute atomic E-state index is 9.44. The fourth-order valence-electron chi connectivity index (χ4n) is 1.81. The number of aliphatic hydroxyl groups excluding tert-OH is 1. The fraction of sp³-hybridized carbons (Fsp3) is 0.545. The summed E-state index contributed by atoms with van der Waals surface area (Å²) in [6, 6.07) is 3.85. The predicted octanol–water partition coefficient (Wildman–Crippen LogP) is 1.74. The molecule has 0 aromatic carbocycles. The Morgan fingerprint density at radius 3 is 2.79 bits per heavy atom. The number of nitrogens with zero attached hydrogens (tertiary/aromatic N) is 2. The maximum Gasteiger partial charge on any atom is 0.128 e. The number of hydrogen-bond donors (Lipinski definition) is 1. The fourth-order valence-corrected chi connectivity index (χ4v) is 1.81. The summed E-state index contributed by atoms with van der Waals surface area (Å²) in [4.78, 5) is 6.59. The number of hydrogen-bond acceptors (Lipinski definition) is 3. The predicted molar refractivity (Wildman–Crippen MR) is 56.3 cm³/mol. The van der Waals surface area contributed by atoms with Crippen molar-refractivity contribution >= 4 is 5.82 Å². The summed E-state index contributed by atoms with van der Waals surface area (Å²) in [6.07, 6.45) is 3.87. The van der Waals surface area contributed by atoms with Crippen LogP contribution in [0.5, 0.6) is 0 Å². The van der Waals surface area contributed by atoms with Crippen LogP contribution in [0.4, 0.5) is 5.82 Å². The molecule has 0 aliphatic carbocycles. The van der Waals surface area contributed by atoms with E-state index in [1.807, 2.05) is 12.1 Å². The molecule has 0 saturated carbocycles. The van der Waals surface area contributed by atoms with Gasteiger partial charge in [0.25, 0.3) is 0 Å². The highest BCUT2D eigenvalue weighted by Crippen LogP contribution is 2.21. The lowest BCUT2D eigenvalue weighted by Gasteiger charge is -2.17. The zero-order valence-corrected chi connectivity index (χ0v) is 8.48. The third-order valence-electron chi connectivity index (χ3n) is 2.68. The number of anilines is 1. The van der Waals surface area contributed by atoms with E-state index in [0.29, 0.717) is 0 Å². The van der Waals surface area contributed by atoms with Crippen LogP contribution in [0.15, 0.2) is 18.3 Å². The van der Waals surface area contributed by atoms with Crippen molar-refractivity contribution in [1.29, 1.82) is 0 Å². The lowest BCUT2D eigenvalue weighted by molar-refractivity contribution is 0.199. The van der Waals surface area contributed by atoms with Crippen LogP contribution in [-0.2, 0) is 0 Å². The van der Waals surface area contributed by atoms with Crippen molar-refractivity contribution in [3.05, 3.63) is 23.9 Å². The van der Waals surface area contributed by atoms with Crippen LogP contribution in [0.1, 0.15) is 31.4 Å². The molecule has 1 saturated heterocycles. The summed E-state index contributed by atoms with van der Waals surface area (Å²) in [5.74, 6) is 1.00. The normalized spacial score (nSPS) is 18.6. The first-order valence-corrected chi connectivity index (χ1v) is 5.16. The van der Waals surface area contributed by atoms with Gasteiger partial charge in [0.15, 0.2) is 0 Å². The molecule has 3 heteroatoms. The molecule has 1 N–H and O–H groups in total. The van der Waals surface area contributed by atoms with E-state index in [1.165, 1.54) is 12.8 Å². The Morgan fingerprint density at radius 2 is 2.14 bits per heavy atom. The third kappa shape index (κ3) is 1.87. The van der Waals surface area contributed by atoms with Crippen LogP contribution in [0.2, 0.25) is 0 Å². The minimum atomic E-state index is -0.403. The standard InChI is InChI=1S/C11H16N2O/c1-9(14)10-4-5-12-11(8-10)13-6-2-3-7-13/h4-5,8-9,14H,2-3,6-7H2,1H3. The van der Waals surface area contributed by atoms with Gasteiger partial charge in [-0.3, -0.25) is 0 Å². The first-order valence-electron chi connectivity index (χ1n) is 5.16. The van der Waals surface area contributed by atoms with E-state index < -0.39 is 6.10 Å². The summed E-state index contributed by atoms with van der Waals surface area (Å²) in [6.45, 7) is 3.97. The average molecular weight is 192 g/mol. The Balaban J connectivity index is 2.21. The molecule has 0 bridgehead atoms. The Labute approximate surface area is 84.4 Å². The van der Waals surface area contributed by atoms with Gasteiger partial charge in [-0.25, -0.2) is 4.98 Å². The van der Waals surface area contributed by atoms with Crippen LogP contribution in [0.25, 0.3) is 0 Å². The van der Waals surface area contributed by atoms with Crippen molar-refractivity contribution in [2.45, 2.75) is 25.9 Å². The Kier molecular flexibility index (Phi) is 2.68. The van der Waals surface area contributed by atoms with Gasteiger partial charge < -0.3 is 10.0 Å². The number of aliphatic hydroxyl groups is 1. The number of rotatable bonds is 2. The molecular formula is C11H16N2O. The van der Waals surface area contributed by atoms with Crippen molar-refractivity contribution in [2.75, 3.05) is 18.0 Å². The van der Waals surface area contributed by atoms with E-state index >= 15 is 0 Å². The summed E-state index contributed by atoms with van der Waals surface area (Å²) >= 11 is 0. The van der Waals surface area contributed by atoms with Crippen molar-refractivity contribution in [3.8, 4) is 0 Å². The Hall–Kier alpha value is -1.09. The van der Waals surface area contributed by atoms with Crippen LogP contribution in [-0.4, -0.2) is 23.2 Å². The molecule has 0 spiro atoms. The second kappa shape index (κ2) is 3.96. The van der Waals surface area contributed by atoms with Gasteiger partial charge in [0.05, 0.1) is 6.10 Å². The maximum atomic E-state index is 9.44. The molecule has 1 atom stereocenters. The van der Waals surface area contributed by atoms with E-state index in [9.17, 15) is 5.11 Å². The van der Waals surface area contributed by atoms with Crippen molar-refractivity contribution < 1.29 is 5.11 Å². The molecule has 1 fully saturated rings. The third-order valence-corrected chi connectivity index (χ3v) is 2.68. The molecular weight excluding hydrogens is 176 g/mol. The van der Waals surface area contributed by atoms with Crippen molar-refractivity contribution in [1.82, 2.24) is 4.98 Å². The second-order valence-electron chi connectivity index (χ2n) is 3.82. The first kappa shape index (κ1) is 9.46. The van der Waals surface area contributed by atoms with E-state index in [-0.39, 0.29) is 0 Å². The van der Waals surface area contributed by atoms with Gasteiger partial charge in [-0.1, -0.05) is 0 Å². The number of aromatic nitrogens is 1. The van der Waals surface area contributed by atoms with Crippen LogP contribution < -0.4 is 4.90 Å². The zero-order chi connectivity index (χ0) is 9.97. The molecule has 14 heavy (non-hydrogen) atoms. The largest absolute Gasteiger partial charge is 0.389 e. The first-order chi connectivity index (χ1) is 6.77. The lowest BCUT2D eigenvalue weighted by Crippen LogP contribution is -2.19. The van der Waals surface area contributed by atoms with E-state index in [1.54, 1.807) is 13.1 Å². The van der Waals surface area contributed by atoms with Gasteiger partial charge in [0, 0.05) is 19.3 Å². The molecule has 3 nitrogen and oxygen atoms in total. The summed E-state index contributed by atoms with van der Waals surface area (Å²) in [7, 11) is 0. The molecule has 1 aliphatic rings. The minimum Gasteiger partial charge on any atom is -0.389 e. The molecule has 76 valence electrons. The highest BCUT2D eigenvalue weighted by atomic mass is 16.3. The molecule has 2 rings (SSSR count). The molecule has 1 unspecified atom stereocenters. The zero-order valence-electron chi connectivity index (χ0n) is 8.48. The van der Waals surface area contributed by atoms with Gasteiger partial charge in [-0.05, 0) is 37.5 Å². The van der Waals surface area contributed by atoms with E-state index in [4.69, 9.17) is 0 Å². The molecule has 2 heterocycles. The highest BCUT2D eigenvalue weighted by Gasteiger charge is 2.14. The van der Waals surface area contributed by atoms with Gasteiger partial charge in [0.2, 0.25) is 0 Å². The van der Waals surface area contributed by atoms with Crippen molar-refractivity contribution in [2.24, 2.45) is 0 Å². The minimum absolute atomic E-state index is 0.403. The average Bonchev–Trinajstić information content (AvgIpc) is 2.71. The molecule has 1 aromatic rings. The second-order valence-corrected chi connectivity index (χ2v) is 3.82. The van der Waals surface area contributed by atoms with Gasteiger partial charge in [-0.2, -0.15) is 0 Å². The van der Waals surface area contributed by atoms with Crippen LogP contribution in [0.3, 0.4) is 0 Å². The topological polar surface area (TPSA) is 36.4 Å². The van der Waals surface area contributed by atoms with Crippen LogP contribution >= 0.6 is 0 Å². The molecule has 0 radical (unpaired) electrons. The highest BCUT2D eigenvalue weighted by molar-refractivity contribution is 5.42. The van der Waals surface area contributed by atoms with Gasteiger partial charge in [-0.15, -0.1) is 0 Å². The summed E-state index contributed by atoms with van der Waals surface area (Å²) in [5, 5.41) is 9.44. The van der Waals surface area contributed by atoms with Crippen molar-refractivity contribution in [3.63, 3.8) is 0 Å². The van der Waals surface area contributed by atoms with Gasteiger partial charge in [0.1, 0.15) is 5.82 Å². The van der Waals surface area contributed by atoms with E-state index in [2.05, 4.69) is 9.88 Å². The summed E-state index contributed by atoms with van der Waals surface area (Å²) < 4.78 is 0. The smallest absolute Gasteiger partial charge is 0.128 e. The Bertz CT molecular complexity index is 306. The monoisotopic (exact) mass is 192 g/mol. The SMILES string of the molecule is CC(O)c1ccnc(N2CCCC2)c1. The quantitative estimate of drug-likeness (QED) is 0.775. The van der Waals surface area contributed by atoms with Gasteiger partial charge >= 0.3 is 0 Å².